The number of aryl methyl sites for hydroxylation is 2. The average Bonchev–Trinajstić information content (AvgIpc) is 2.78. The topological polar surface area (TPSA) is 53.4 Å². The van der Waals surface area contributed by atoms with E-state index in [0.29, 0.717) is 24.4 Å². The lowest BCUT2D eigenvalue weighted by Crippen LogP contribution is -2.42. The van der Waals surface area contributed by atoms with Crippen molar-refractivity contribution in [2.45, 2.75) is 64.6 Å². The van der Waals surface area contributed by atoms with E-state index in [9.17, 15) is 4.79 Å². The van der Waals surface area contributed by atoms with Gasteiger partial charge in [0, 0.05) is 29.9 Å². The molecule has 3 rings (SSSR count). The first-order valence-electron chi connectivity index (χ1n) is 7.43. The van der Waals surface area contributed by atoms with Gasteiger partial charge < -0.3 is 5.11 Å². The summed E-state index contributed by atoms with van der Waals surface area (Å²) in [4.78, 5) is 19.4. The van der Waals surface area contributed by atoms with Crippen LogP contribution in [0.3, 0.4) is 0 Å². The molecule has 2 aliphatic heterocycles. The Balaban J connectivity index is 1.68. The Morgan fingerprint density at radius 1 is 1.35 bits per heavy atom. The molecule has 2 aliphatic rings. The lowest BCUT2D eigenvalue weighted by Gasteiger charge is -2.38. The van der Waals surface area contributed by atoms with Gasteiger partial charge in [-0.2, -0.15) is 0 Å². The SMILES string of the molecule is Cc1nc(C)c(CN2C3CCC2CC(CC(=O)O)C3)s1. The fraction of sp³-hybridized carbons (Fsp3) is 0.733. The Bertz CT molecular complexity index is 500. The second-order valence-electron chi connectivity index (χ2n) is 6.23. The molecule has 5 heteroatoms. The molecule has 2 bridgehead atoms. The molecule has 2 saturated heterocycles. The number of thiazole rings is 1. The van der Waals surface area contributed by atoms with E-state index in [0.717, 1.165) is 24.4 Å². The van der Waals surface area contributed by atoms with Crippen LogP contribution < -0.4 is 0 Å². The Hall–Kier alpha value is -0.940. The van der Waals surface area contributed by atoms with Crippen LogP contribution in [0.2, 0.25) is 0 Å². The van der Waals surface area contributed by atoms with E-state index in [-0.39, 0.29) is 0 Å². The third-order valence-electron chi connectivity index (χ3n) is 4.77. The first kappa shape index (κ1) is 14.0. The van der Waals surface area contributed by atoms with E-state index in [4.69, 9.17) is 5.11 Å². The monoisotopic (exact) mass is 294 g/mol. The number of aromatic nitrogens is 1. The summed E-state index contributed by atoms with van der Waals surface area (Å²) < 4.78 is 0. The molecule has 1 aromatic rings. The highest BCUT2D eigenvalue weighted by Crippen LogP contribution is 2.41. The summed E-state index contributed by atoms with van der Waals surface area (Å²) in [6, 6.07) is 1.17. The number of carbonyl (C=O) groups is 1. The second kappa shape index (κ2) is 5.45. The van der Waals surface area contributed by atoms with E-state index in [1.54, 1.807) is 11.3 Å². The van der Waals surface area contributed by atoms with Crippen LogP contribution in [0.4, 0.5) is 0 Å². The minimum atomic E-state index is -0.642. The zero-order valence-corrected chi connectivity index (χ0v) is 12.9. The normalized spacial score (nSPS) is 29.8. The molecular formula is C15H22N2O2S. The Labute approximate surface area is 123 Å². The van der Waals surface area contributed by atoms with E-state index in [1.165, 1.54) is 23.4 Å². The van der Waals surface area contributed by atoms with Crippen molar-refractivity contribution in [2.24, 2.45) is 5.92 Å². The summed E-state index contributed by atoms with van der Waals surface area (Å²) in [5.74, 6) is -0.262. The molecular weight excluding hydrogens is 272 g/mol. The van der Waals surface area contributed by atoms with Crippen molar-refractivity contribution >= 4 is 17.3 Å². The van der Waals surface area contributed by atoms with Crippen LogP contribution in [0.25, 0.3) is 0 Å². The number of hydrogen-bond donors (Lipinski definition) is 1. The van der Waals surface area contributed by atoms with E-state index < -0.39 is 5.97 Å². The molecule has 110 valence electrons. The molecule has 1 aromatic heterocycles. The highest BCUT2D eigenvalue weighted by Gasteiger charge is 2.41. The van der Waals surface area contributed by atoms with Crippen molar-refractivity contribution in [1.82, 2.24) is 9.88 Å². The lowest BCUT2D eigenvalue weighted by atomic mass is 9.88. The van der Waals surface area contributed by atoms with E-state index >= 15 is 0 Å². The minimum Gasteiger partial charge on any atom is -0.481 e. The van der Waals surface area contributed by atoms with Gasteiger partial charge in [-0.1, -0.05) is 0 Å². The maximum Gasteiger partial charge on any atom is 0.303 e. The van der Waals surface area contributed by atoms with Gasteiger partial charge in [0.05, 0.1) is 10.7 Å². The van der Waals surface area contributed by atoms with Crippen molar-refractivity contribution < 1.29 is 9.90 Å². The van der Waals surface area contributed by atoms with Crippen molar-refractivity contribution in [3.63, 3.8) is 0 Å². The molecule has 4 nitrogen and oxygen atoms in total. The second-order valence-corrected chi connectivity index (χ2v) is 7.52. The molecule has 20 heavy (non-hydrogen) atoms. The van der Waals surface area contributed by atoms with Gasteiger partial charge in [0.1, 0.15) is 0 Å². The summed E-state index contributed by atoms with van der Waals surface area (Å²) >= 11 is 1.80. The highest BCUT2D eigenvalue weighted by molar-refractivity contribution is 7.11. The largest absolute Gasteiger partial charge is 0.481 e. The quantitative estimate of drug-likeness (QED) is 0.927. The Kier molecular flexibility index (Phi) is 3.82. The predicted molar refractivity (Wildman–Crippen MR) is 78.9 cm³/mol. The van der Waals surface area contributed by atoms with Crippen molar-refractivity contribution in [3.8, 4) is 0 Å². The molecule has 3 heterocycles. The zero-order valence-electron chi connectivity index (χ0n) is 12.1. The van der Waals surface area contributed by atoms with Crippen LogP contribution in [-0.2, 0) is 11.3 Å². The number of nitrogens with zero attached hydrogens (tertiary/aromatic N) is 2. The number of carboxylic acid groups (broad SMARTS) is 1. The number of hydrogen-bond acceptors (Lipinski definition) is 4. The molecule has 0 amide bonds. The van der Waals surface area contributed by atoms with Gasteiger partial charge in [0.15, 0.2) is 0 Å². The van der Waals surface area contributed by atoms with E-state index in [1.807, 2.05) is 0 Å². The molecule has 0 radical (unpaired) electrons. The van der Waals surface area contributed by atoms with Crippen molar-refractivity contribution in [1.29, 1.82) is 0 Å². The van der Waals surface area contributed by atoms with Crippen molar-refractivity contribution in [2.75, 3.05) is 0 Å². The van der Waals surface area contributed by atoms with Crippen LogP contribution in [0.15, 0.2) is 0 Å². The lowest BCUT2D eigenvalue weighted by molar-refractivity contribution is -0.138. The van der Waals surface area contributed by atoms with E-state index in [2.05, 4.69) is 23.7 Å². The number of rotatable bonds is 4. The van der Waals surface area contributed by atoms with Gasteiger partial charge in [0.2, 0.25) is 0 Å². The maximum absolute atomic E-state index is 10.9. The minimum absolute atomic E-state index is 0.347. The molecule has 0 spiro atoms. The number of piperidine rings is 1. The van der Waals surface area contributed by atoms with Crippen LogP contribution in [0.1, 0.15) is 47.7 Å². The van der Waals surface area contributed by atoms with Gasteiger partial charge in [-0.25, -0.2) is 4.98 Å². The molecule has 0 aromatic carbocycles. The first-order valence-corrected chi connectivity index (χ1v) is 8.25. The number of fused-ring (bicyclic) bond motifs is 2. The van der Waals surface area contributed by atoms with Gasteiger partial charge in [-0.3, -0.25) is 9.69 Å². The molecule has 2 unspecified atom stereocenters. The van der Waals surface area contributed by atoms with Crippen LogP contribution >= 0.6 is 11.3 Å². The van der Waals surface area contributed by atoms with Crippen LogP contribution in [0.5, 0.6) is 0 Å². The van der Waals surface area contributed by atoms with Gasteiger partial charge in [-0.15, -0.1) is 11.3 Å². The maximum atomic E-state index is 10.9. The number of aliphatic carboxylic acids is 1. The predicted octanol–water partition coefficient (Wildman–Crippen LogP) is 2.98. The fourth-order valence-electron chi connectivity index (χ4n) is 3.94. The summed E-state index contributed by atoms with van der Waals surface area (Å²) in [5.41, 5.74) is 1.17. The van der Waals surface area contributed by atoms with Crippen LogP contribution in [-0.4, -0.2) is 33.0 Å². The molecule has 2 fully saturated rings. The highest BCUT2D eigenvalue weighted by atomic mass is 32.1. The summed E-state index contributed by atoms with van der Waals surface area (Å²) in [7, 11) is 0. The summed E-state index contributed by atoms with van der Waals surface area (Å²) in [6.45, 7) is 5.17. The smallest absolute Gasteiger partial charge is 0.303 e. The molecule has 1 N–H and O–H groups in total. The van der Waals surface area contributed by atoms with Gasteiger partial charge in [0.25, 0.3) is 0 Å². The van der Waals surface area contributed by atoms with Gasteiger partial charge in [-0.05, 0) is 45.4 Å². The third-order valence-corrected chi connectivity index (χ3v) is 5.83. The standard InChI is InChI=1S/C15H22N2O2S/c1-9-14(20-10(2)16-9)8-17-12-3-4-13(17)6-11(5-12)7-15(18)19/h11-13H,3-8H2,1-2H3,(H,18,19). The zero-order chi connectivity index (χ0) is 14.3. The molecule has 0 aliphatic carbocycles. The molecule has 2 atom stereocenters. The average molecular weight is 294 g/mol. The molecule has 0 saturated carbocycles. The fourth-order valence-corrected chi connectivity index (χ4v) is 4.89. The Morgan fingerprint density at radius 2 is 2.00 bits per heavy atom. The Morgan fingerprint density at radius 3 is 2.50 bits per heavy atom. The van der Waals surface area contributed by atoms with Crippen LogP contribution in [0, 0.1) is 19.8 Å². The third kappa shape index (κ3) is 2.74. The first-order chi connectivity index (χ1) is 9.52. The van der Waals surface area contributed by atoms with Crippen molar-refractivity contribution in [3.05, 3.63) is 15.6 Å². The summed E-state index contributed by atoms with van der Waals surface area (Å²) in [5, 5.41) is 10.1. The van der Waals surface area contributed by atoms with Gasteiger partial charge >= 0.3 is 5.97 Å². The summed E-state index contributed by atoms with van der Waals surface area (Å²) in [6.07, 6.45) is 4.92. The number of carboxylic acids is 1.